The van der Waals surface area contributed by atoms with E-state index in [2.05, 4.69) is 37.1 Å². The summed E-state index contributed by atoms with van der Waals surface area (Å²) >= 11 is 3.47. The van der Waals surface area contributed by atoms with E-state index in [-0.39, 0.29) is 5.95 Å². The maximum atomic E-state index is 9.07. The van der Waals surface area contributed by atoms with Crippen molar-refractivity contribution in [2.45, 2.75) is 6.42 Å². The van der Waals surface area contributed by atoms with Gasteiger partial charge in [-0.1, -0.05) is 40.2 Å². The molecule has 0 bridgehead atoms. The zero-order valence-electron chi connectivity index (χ0n) is 13.6. The molecule has 0 aliphatic heterocycles. The number of anilines is 1. The van der Waals surface area contributed by atoms with Gasteiger partial charge in [0.2, 0.25) is 5.95 Å². The lowest BCUT2D eigenvalue weighted by Crippen LogP contribution is -2.03. The van der Waals surface area contributed by atoms with Crippen LogP contribution < -0.4 is 5.73 Å². The lowest BCUT2D eigenvalue weighted by molar-refractivity contribution is 0.890. The molecule has 126 valence electrons. The quantitative estimate of drug-likeness (QED) is 0.562. The van der Waals surface area contributed by atoms with E-state index in [1.807, 2.05) is 42.5 Å². The summed E-state index contributed by atoms with van der Waals surface area (Å²) in [6.45, 7) is 0. The zero-order chi connectivity index (χ0) is 18.1. The smallest absolute Gasteiger partial charge is 0.223 e. The van der Waals surface area contributed by atoms with Gasteiger partial charge in [-0.25, -0.2) is 9.97 Å². The Kier molecular flexibility index (Phi) is 4.11. The average Bonchev–Trinajstić information content (AvgIpc) is 3.05. The van der Waals surface area contributed by atoms with Gasteiger partial charge < -0.3 is 5.73 Å². The molecule has 2 N–H and O–H groups in total. The molecule has 0 aliphatic rings. The highest BCUT2D eigenvalue weighted by molar-refractivity contribution is 9.10. The Morgan fingerprint density at radius 1 is 1.08 bits per heavy atom. The Hall–Kier alpha value is -3.24. The lowest BCUT2D eigenvalue weighted by atomic mass is 10.1. The highest BCUT2D eigenvalue weighted by Gasteiger charge is 2.11. The molecule has 4 aromatic rings. The number of benzene rings is 2. The second-order valence-electron chi connectivity index (χ2n) is 5.80. The minimum atomic E-state index is 0.257. The van der Waals surface area contributed by atoms with Crippen molar-refractivity contribution >= 4 is 27.5 Å². The lowest BCUT2D eigenvalue weighted by Gasteiger charge is -2.03. The van der Waals surface area contributed by atoms with Crippen molar-refractivity contribution in [3.8, 4) is 17.3 Å². The van der Waals surface area contributed by atoms with Crippen LogP contribution in [-0.2, 0) is 6.42 Å². The number of nitrogen functional groups attached to an aromatic ring is 1. The summed E-state index contributed by atoms with van der Waals surface area (Å²) in [6, 6.07) is 19.2. The first kappa shape index (κ1) is 16.2. The van der Waals surface area contributed by atoms with Crippen LogP contribution >= 0.6 is 15.9 Å². The number of nitriles is 1. The Morgan fingerprint density at radius 2 is 1.92 bits per heavy atom. The summed E-state index contributed by atoms with van der Waals surface area (Å²) in [5.41, 5.74) is 9.84. The number of hydrogen-bond acceptors (Lipinski definition) is 5. The van der Waals surface area contributed by atoms with E-state index >= 15 is 0 Å². The molecule has 0 spiro atoms. The summed E-state index contributed by atoms with van der Waals surface area (Å²) in [5, 5.41) is 13.5. The van der Waals surface area contributed by atoms with Crippen molar-refractivity contribution in [3.63, 3.8) is 0 Å². The molecule has 0 saturated carbocycles. The number of rotatable bonds is 3. The Labute approximate surface area is 158 Å². The molecule has 7 heteroatoms. The molecule has 0 saturated heterocycles. The Balaban J connectivity index is 1.74. The van der Waals surface area contributed by atoms with Crippen LogP contribution in [0.4, 0.5) is 5.95 Å². The molecule has 26 heavy (non-hydrogen) atoms. The van der Waals surface area contributed by atoms with Gasteiger partial charge in [-0.15, -0.1) is 5.10 Å². The number of hydrogen-bond donors (Lipinski definition) is 1. The van der Waals surface area contributed by atoms with Crippen LogP contribution in [0.25, 0.3) is 16.9 Å². The third kappa shape index (κ3) is 3.15. The monoisotopic (exact) mass is 404 g/mol. The topological polar surface area (TPSA) is 92.9 Å². The molecule has 0 fully saturated rings. The largest absolute Gasteiger partial charge is 0.368 e. The van der Waals surface area contributed by atoms with Crippen LogP contribution in [0.5, 0.6) is 0 Å². The maximum absolute atomic E-state index is 9.07. The summed E-state index contributed by atoms with van der Waals surface area (Å²) in [5.74, 6) is 0.923. The van der Waals surface area contributed by atoms with E-state index in [1.165, 1.54) is 4.52 Å². The number of fused-ring (bicyclic) bond motifs is 1. The number of aromatic nitrogens is 4. The van der Waals surface area contributed by atoms with Crippen molar-refractivity contribution in [3.05, 3.63) is 76.0 Å². The van der Waals surface area contributed by atoms with Crippen LogP contribution in [0.15, 0.2) is 59.1 Å². The van der Waals surface area contributed by atoms with Crippen LogP contribution in [0.3, 0.4) is 0 Å². The zero-order valence-corrected chi connectivity index (χ0v) is 15.2. The van der Waals surface area contributed by atoms with Crippen molar-refractivity contribution in [2.24, 2.45) is 0 Å². The molecule has 0 atom stereocenters. The maximum Gasteiger partial charge on any atom is 0.223 e. The third-order valence-corrected chi connectivity index (χ3v) is 4.43. The van der Waals surface area contributed by atoms with E-state index in [4.69, 9.17) is 11.0 Å². The van der Waals surface area contributed by atoms with Gasteiger partial charge in [0.05, 0.1) is 17.3 Å². The van der Waals surface area contributed by atoms with Gasteiger partial charge in [-0.05, 0) is 29.8 Å². The fraction of sp³-hybridized carbons (Fsp3) is 0.0526. The first-order chi connectivity index (χ1) is 12.6. The van der Waals surface area contributed by atoms with Crippen molar-refractivity contribution in [1.29, 1.82) is 5.26 Å². The Bertz CT molecular complexity index is 1160. The number of nitrogens with zero attached hydrogens (tertiary/aromatic N) is 5. The van der Waals surface area contributed by atoms with Crippen molar-refractivity contribution in [2.75, 3.05) is 5.73 Å². The number of nitrogens with two attached hydrogens (primary N) is 1. The molecule has 2 aromatic carbocycles. The van der Waals surface area contributed by atoms with Gasteiger partial charge in [0, 0.05) is 22.5 Å². The van der Waals surface area contributed by atoms with Crippen molar-refractivity contribution < 1.29 is 0 Å². The van der Waals surface area contributed by atoms with E-state index in [9.17, 15) is 0 Å². The minimum Gasteiger partial charge on any atom is -0.368 e. The predicted octanol–water partition coefficient (Wildman–Crippen LogP) is 3.60. The van der Waals surface area contributed by atoms with E-state index < -0.39 is 0 Å². The standard InChI is InChI=1S/C19H13BrN6/c20-15-6-2-3-12(8-15)9-17-24-18-10-16(23-19(22)26(18)25-17)14-5-1-4-13(7-14)11-21/h1-8,10H,9H2,(H2,22,23). The average molecular weight is 405 g/mol. The second kappa shape index (κ2) is 6.58. The fourth-order valence-electron chi connectivity index (χ4n) is 2.76. The first-order valence-corrected chi connectivity index (χ1v) is 8.69. The molecule has 0 amide bonds. The highest BCUT2D eigenvalue weighted by Crippen LogP contribution is 2.22. The van der Waals surface area contributed by atoms with E-state index in [1.54, 1.807) is 12.1 Å². The van der Waals surface area contributed by atoms with Crippen LogP contribution in [0.1, 0.15) is 17.0 Å². The third-order valence-electron chi connectivity index (χ3n) is 3.93. The summed E-state index contributed by atoms with van der Waals surface area (Å²) in [6.07, 6.45) is 0.597. The normalized spacial score (nSPS) is 10.8. The molecular formula is C19H13BrN6. The van der Waals surface area contributed by atoms with Crippen LogP contribution in [0.2, 0.25) is 0 Å². The molecule has 0 aliphatic carbocycles. The predicted molar refractivity (Wildman–Crippen MR) is 102 cm³/mol. The van der Waals surface area contributed by atoms with E-state index in [0.717, 1.165) is 15.6 Å². The van der Waals surface area contributed by atoms with Gasteiger partial charge >= 0.3 is 0 Å². The van der Waals surface area contributed by atoms with Gasteiger partial charge in [-0.3, -0.25) is 0 Å². The highest BCUT2D eigenvalue weighted by atomic mass is 79.9. The van der Waals surface area contributed by atoms with Crippen LogP contribution in [0, 0.1) is 11.3 Å². The molecule has 4 rings (SSSR count). The van der Waals surface area contributed by atoms with E-state index in [0.29, 0.717) is 29.1 Å². The molecule has 0 radical (unpaired) electrons. The SMILES string of the molecule is N#Cc1cccc(-c2cc3nc(Cc4cccc(Br)c4)nn3c(N)n2)c1. The van der Waals surface area contributed by atoms with Crippen LogP contribution in [-0.4, -0.2) is 19.6 Å². The van der Waals surface area contributed by atoms with Gasteiger partial charge in [0.1, 0.15) is 0 Å². The summed E-state index contributed by atoms with van der Waals surface area (Å²) in [4.78, 5) is 8.98. The van der Waals surface area contributed by atoms with Gasteiger partial charge in [0.25, 0.3) is 0 Å². The molecular weight excluding hydrogens is 392 g/mol. The van der Waals surface area contributed by atoms with Gasteiger partial charge in [0.15, 0.2) is 11.5 Å². The summed E-state index contributed by atoms with van der Waals surface area (Å²) < 4.78 is 2.55. The minimum absolute atomic E-state index is 0.257. The second-order valence-corrected chi connectivity index (χ2v) is 6.71. The summed E-state index contributed by atoms with van der Waals surface area (Å²) in [7, 11) is 0. The van der Waals surface area contributed by atoms with Crippen molar-refractivity contribution in [1.82, 2.24) is 19.6 Å². The Morgan fingerprint density at radius 3 is 2.73 bits per heavy atom. The molecule has 0 unspecified atom stereocenters. The molecule has 6 nitrogen and oxygen atoms in total. The fourth-order valence-corrected chi connectivity index (χ4v) is 3.20. The molecule has 2 heterocycles. The first-order valence-electron chi connectivity index (χ1n) is 7.89. The number of halogens is 1. The van der Waals surface area contributed by atoms with Gasteiger partial charge in [-0.2, -0.15) is 9.78 Å². The molecule has 2 aromatic heterocycles.